The van der Waals surface area contributed by atoms with E-state index in [4.69, 9.17) is 5.73 Å². The van der Waals surface area contributed by atoms with Crippen molar-refractivity contribution in [1.29, 1.82) is 0 Å². The van der Waals surface area contributed by atoms with Gasteiger partial charge in [-0.05, 0) is 0 Å². The normalized spacial score (nSPS) is 11.1. The largest absolute Gasteiger partial charge is 0.382 e. The molecular weight excluding hydrogens is 218 g/mol. The number of nitrogens with two attached hydrogens (primary N) is 1. The molecule has 0 aliphatic carbocycles. The maximum absolute atomic E-state index is 5.71. The van der Waals surface area contributed by atoms with Crippen molar-refractivity contribution >= 4 is 17.0 Å². The smallest absolute Gasteiger partial charge is 0.165 e. The number of H-pyrrole nitrogens is 1. The number of hydrogen-bond donors (Lipinski definition) is 2. The number of aromatic nitrogens is 6. The summed E-state index contributed by atoms with van der Waals surface area (Å²) in [5.74, 6) is 1.35. The van der Waals surface area contributed by atoms with E-state index >= 15 is 0 Å². The second-order valence-corrected chi connectivity index (χ2v) is 3.65. The molecule has 3 aromatic heterocycles. The summed E-state index contributed by atoms with van der Waals surface area (Å²) in [6, 6.07) is 0. The van der Waals surface area contributed by atoms with Gasteiger partial charge in [0.2, 0.25) is 0 Å². The van der Waals surface area contributed by atoms with Gasteiger partial charge in [-0.1, -0.05) is 0 Å². The summed E-state index contributed by atoms with van der Waals surface area (Å²) >= 11 is 0. The number of aryl methyl sites for hydroxylation is 2. The highest BCUT2D eigenvalue weighted by Gasteiger charge is 2.07. The molecular formula is C10H11N7. The van der Waals surface area contributed by atoms with Crippen LogP contribution in [0, 0.1) is 0 Å². The monoisotopic (exact) mass is 229 g/mol. The first-order chi connectivity index (χ1) is 8.34. The van der Waals surface area contributed by atoms with Crippen molar-refractivity contribution in [2.75, 3.05) is 5.73 Å². The second kappa shape index (κ2) is 3.85. The second-order valence-electron chi connectivity index (χ2n) is 3.65. The number of fused-ring (bicyclic) bond motifs is 1. The third-order valence-corrected chi connectivity index (χ3v) is 2.57. The minimum atomic E-state index is 0.409. The topological polar surface area (TPSA) is 98.3 Å². The summed E-state index contributed by atoms with van der Waals surface area (Å²) < 4.78 is 1.94. The van der Waals surface area contributed by atoms with Crippen molar-refractivity contribution in [3.05, 3.63) is 30.9 Å². The number of hydrogen-bond acceptors (Lipinski definition) is 5. The Bertz CT molecular complexity index is 625. The van der Waals surface area contributed by atoms with Crippen molar-refractivity contribution in [2.24, 2.45) is 0 Å². The molecule has 0 saturated heterocycles. The predicted molar refractivity (Wildman–Crippen MR) is 62.0 cm³/mol. The van der Waals surface area contributed by atoms with Gasteiger partial charge < -0.3 is 15.3 Å². The van der Waals surface area contributed by atoms with Crippen LogP contribution in [0.25, 0.3) is 11.2 Å². The van der Waals surface area contributed by atoms with Crippen LogP contribution in [0.15, 0.2) is 25.0 Å². The number of nitrogens with zero attached hydrogens (tertiary/aromatic N) is 5. The van der Waals surface area contributed by atoms with Gasteiger partial charge in [-0.3, -0.25) is 0 Å². The highest BCUT2D eigenvalue weighted by molar-refractivity contribution is 5.80. The molecule has 0 amide bonds. The number of imidazole rings is 2. The fourth-order valence-corrected chi connectivity index (χ4v) is 1.72. The van der Waals surface area contributed by atoms with Gasteiger partial charge in [0.25, 0.3) is 0 Å². The first kappa shape index (κ1) is 9.76. The predicted octanol–water partition coefficient (Wildman–Crippen LogP) is 0.374. The quantitative estimate of drug-likeness (QED) is 0.676. The average Bonchev–Trinajstić information content (AvgIpc) is 2.95. The molecule has 0 saturated carbocycles. The fourth-order valence-electron chi connectivity index (χ4n) is 1.72. The molecule has 0 bridgehead atoms. The molecule has 3 aromatic rings. The van der Waals surface area contributed by atoms with Crippen LogP contribution in [-0.2, 0) is 13.0 Å². The molecule has 86 valence electrons. The molecule has 17 heavy (non-hydrogen) atoms. The van der Waals surface area contributed by atoms with Crippen LogP contribution in [0.5, 0.6) is 0 Å². The van der Waals surface area contributed by atoms with E-state index in [1.807, 2.05) is 10.8 Å². The van der Waals surface area contributed by atoms with Gasteiger partial charge in [0.05, 0.1) is 6.33 Å². The summed E-state index contributed by atoms with van der Waals surface area (Å²) in [5, 5.41) is 0. The Balaban J connectivity index is 1.88. The molecule has 7 heteroatoms. The highest BCUT2D eigenvalue weighted by Crippen LogP contribution is 2.14. The number of anilines is 1. The Morgan fingerprint density at radius 1 is 1.24 bits per heavy atom. The first-order valence-electron chi connectivity index (χ1n) is 5.24. The lowest BCUT2D eigenvalue weighted by Crippen LogP contribution is -2.02. The van der Waals surface area contributed by atoms with Crippen LogP contribution >= 0.6 is 0 Å². The third kappa shape index (κ3) is 1.71. The Hall–Kier alpha value is -2.44. The molecule has 0 spiro atoms. The zero-order chi connectivity index (χ0) is 11.7. The fraction of sp³-hybridized carbons (Fsp3) is 0.200. The molecule has 3 heterocycles. The average molecular weight is 229 g/mol. The van der Waals surface area contributed by atoms with E-state index in [9.17, 15) is 0 Å². The number of aromatic amines is 1. The maximum Gasteiger partial charge on any atom is 0.165 e. The summed E-state index contributed by atoms with van der Waals surface area (Å²) in [7, 11) is 0. The van der Waals surface area contributed by atoms with E-state index in [2.05, 4.69) is 24.9 Å². The zero-order valence-corrected chi connectivity index (χ0v) is 9.04. The standard InChI is InChI=1S/C10H11N7/c11-9-8-10(15-5-14-9)17(6-16-8)4-1-7-12-2-3-13-7/h2-3,5-6H,1,4H2,(H,12,13)(H2,11,14,15). The summed E-state index contributed by atoms with van der Waals surface area (Å²) in [6.07, 6.45) is 7.51. The molecule has 0 radical (unpaired) electrons. The number of nitrogens with one attached hydrogen (secondary N) is 1. The molecule has 7 nitrogen and oxygen atoms in total. The molecule has 0 fully saturated rings. The minimum Gasteiger partial charge on any atom is -0.382 e. The molecule has 0 atom stereocenters. The van der Waals surface area contributed by atoms with Gasteiger partial charge in [0, 0.05) is 25.4 Å². The van der Waals surface area contributed by atoms with Gasteiger partial charge in [0.15, 0.2) is 11.5 Å². The van der Waals surface area contributed by atoms with Crippen molar-refractivity contribution < 1.29 is 0 Å². The van der Waals surface area contributed by atoms with Gasteiger partial charge in [0.1, 0.15) is 17.7 Å². The van der Waals surface area contributed by atoms with Gasteiger partial charge in [-0.2, -0.15) is 0 Å². The van der Waals surface area contributed by atoms with Crippen LogP contribution in [0.4, 0.5) is 5.82 Å². The van der Waals surface area contributed by atoms with E-state index in [1.165, 1.54) is 6.33 Å². The third-order valence-electron chi connectivity index (χ3n) is 2.57. The zero-order valence-electron chi connectivity index (χ0n) is 9.04. The first-order valence-corrected chi connectivity index (χ1v) is 5.24. The molecule has 0 aromatic carbocycles. The summed E-state index contributed by atoms with van der Waals surface area (Å²) in [6.45, 7) is 0.750. The van der Waals surface area contributed by atoms with Crippen molar-refractivity contribution in [3.8, 4) is 0 Å². The van der Waals surface area contributed by atoms with E-state index in [-0.39, 0.29) is 0 Å². The van der Waals surface area contributed by atoms with Crippen molar-refractivity contribution in [1.82, 2.24) is 29.5 Å². The van der Waals surface area contributed by atoms with Crippen LogP contribution < -0.4 is 5.73 Å². The lowest BCUT2D eigenvalue weighted by molar-refractivity contribution is 0.688. The van der Waals surface area contributed by atoms with Crippen LogP contribution in [-0.4, -0.2) is 29.5 Å². The summed E-state index contributed by atoms with van der Waals surface area (Å²) in [4.78, 5) is 19.5. The lowest BCUT2D eigenvalue weighted by Gasteiger charge is -2.01. The van der Waals surface area contributed by atoms with E-state index < -0.39 is 0 Å². The minimum absolute atomic E-state index is 0.409. The van der Waals surface area contributed by atoms with Crippen LogP contribution in [0.2, 0.25) is 0 Å². The Labute approximate surface area is 96.7 Å². The Morgan fingerprint density at radius 2 is 2.18 bits per heavy atom. The maximum atomic E-state index is 5.71. The Kier molecular flexibility index (Phi) is 2.21. The van der Waals surface area contributed by atoms with Gasteiger partial charge in [-0.25, -0.2) is 19.9 Å². The molecule has 0 aliphatic rings. The van der Waals surface area contributed by atoms with Crippen LogP contribution in [0.1, 0.15) is 5.82 Å². The van der Waals surface area contributed by atoms with Gasteiger partial charge in [-0.15, -0.1) is 0 Å². The van der Waals surface area contributed by atoms with E-state index in [0.29, 0.717) is 11.3 Å². The van der Waals surface area contributed by atoms with Crippen LogP contribution in [0.3, 0.4) is 0 Å². The Morgan fingerprint density at radius 3 is 3.00 bits per heavy atom. The highest BCUT2D eigenvalue weighted by atomic mass is 15.1. The van der Waals surface area contributed by atoms with Gasteiger partial charge >= 0.3 is 0 Å². The molecule has 0 aliphatic heterocycles. The number of rotatable bonds is 3. The number of nitrogen functional groups attached to an aromatic ring is 1. The lowest BCUT2D eigenvalue weighted by atomic mass is 10.4. The molecule has 3 rings (SSSR count). The van der Waals surface area contributed by atoms with E-state index in [1.54, 1.807) is 12.5 Å². The molecule has 3 N–H and O–H groups in total. The molecule has 0 unspecified atom stereocenters. The SMILES string of the molecule is Nc1ncnc2c1ncn2CCc1ncc[nH]1. The van der Waals surface area contributed by atoms with E-state index in [0.717, 1.165) is 24.4 Å². The summed E-state index contributed by atoms with van der Waals surface area (Å²) in [5.41, 5.74) is 7.11. The van der Waals surface area contributed by atoms with Crippen molar-refractivity contribution in [2.45, 2.75) is 13.0 Å². The van der Waals surface area contributed by atoms with Crippen molar-refractivity contribution in [3.63, 3.8) is 0 Å².